The molecule has 2 aliphatic carbocycles. The highest BCUT2D eigenvalue weighted by molar-refractivity contribution is 5.00. The second-order valence-electron chi connectivity index (χ2n) is 4.32. The minimum Gasteiger partial charge on any atom is -0.316 e. The van der Waals surface area contributed by atoms with Crippen LogP contribution in [0.25, 0.3) is 0 Å². The zero-order chi connectivity index (χ0) is 6.55. The molecule has 2 bridgehead atoms. The molecule has 2 saturated carbocycles. The number of fused-ring (bicyclic) bond motifs is 5. The summed E-state index contributed by atoms with van der Waals surface area (Å²) in [4.78, 5) is 0. The Morgan fingerprint density at radius 1 is 0.900 bits per heavy atom. The SMILES string of the molecule is C1C[C@@H]2C[C@H]1[C@H]1CNC[C@@H]21. The monoisotopic (exact) mass is 137 g/mol. The first-order valence-corrected chi connectivity index (χ1v) is 4.66. The van der Waals surface area contributed by atoms with Crippen molar-refractivity contribution in [3.63, 3.8) is 0 Å². The summed E-state index contributed by atoms with van der Waals surface area (Å²) >= 11 is 0. The summed E-state index contributed by atoms with van der Waals surface area (Å²) in [6, 6.07) is 0. The lowest BCUT2D eigenvalue weighted by Crippen LogP contribution is -2.19. The van der Waals surface area contributed by atoms with Crippen LogP contribution in [-0.2, 0) is 0 Å². The van der Waals surface area contributed by atoms with Crippen molar-refractivity contribution in [3.8, 4) is 0 Å². The quantitative estimate of drug-likeness (QED) is 0.530. The average molecular weight is 137 g/mol. The van der Waals surface area contributed by atoms with Crippen LogP contribution in [0.2, 0.25) is 0 Å². The Labute approximate surface area is 62.2 Å². The van der Waals surface area contributed by atoms with Crippen LogP contribution < -0.4 is 5.32 Å². The van der Waals surface area contributed by atoms with Gasteiger partial charge < -0.3 is 5.32 Å². The summed E-state index contributed by atoms with van der Waals surface area (Å²) < 4.78 is 0. The smallest absolute Gasteiger partial charge is 0.00145 e. The summed E-state index contributed by atoms with van der Waals surface area (Å²) in [7, 11) is 0. The number of rotatable bonds is 0. The molecule has 3 rings (SSSR count). The molecule has 0 spiro atoms. The van der Waals surface area contributed by atoms with Crippen molar-refractivity contribution in [1.82, 2.24) is 5.32 Å². The molecule has 1 saturated heterocycles. The molecule has 0 radical (unpaired) electrons. The van der Waals surface area contributed by atoms with E-state index in [4.69, 9.17) is 0 Å². The van der Waals surface area contributed by atoms with Gasteiger partial charge in [-0.05, 0) is 56.0 Å². The van der Waals surface area contributed by atoms with E-state index in [0.29, 0.717) is 0 Å². The van der Waals surface area contributed by atoms with Crippen molar-refractivity contribution < 1.29 is 0 Å². The van der Waals surface area contributed by atoms with Crippen molar-refractivity contribution in [2.75, 3.05) is 13.1 Å². The Morgan fingerprint density at radius 2 is 1.50 bits per heavy atom. The lowest BCUT2D eigenvalue weighted by Gasteiger charge is -2.22. The molecule has 1 heteroatoms. The highest BCUT2D eigenvalue weighted by atomic mass is 14.9. The highest BCUT2D eigenvalue weighted by Gasteiger charge is 2.48. The lowest BCUT2D eigenvalue weighted by molar-refractivity contribution is 0.281. The van der Waals surface area contributed by atoms with Crippen LogP contribution >= 0.6 is 0 Å². The Hall–Kier alpha value is -0.0400. The average Bonchev–Trinajstić information content (AvgIpc) is 2.60. The first-order chi connectivity index (χ1) is 4.95. The van der Waals surface area contributed by atoms with Crippen LogP contribution in [0, 0.1) is 23.7 Å². The standard InChI is InChI=1S/C9H15N/c1-2-7-3-6(1)8-4-10-5-9(7)8/h6-10H,1-5H2/t6-,7+,8+,9-. The Balaban J connectivity index is 1.92. The molecule has 4 atom stereocenters. The fourth-order valence-corrected chi connectivity index (χ4v) is 3.58. The van der Waals surface area contributed by atoms with E-state index in [1.807, 2.05) is 0 Å². The van der Waals surface area contributed by atoms with Gasteiger partial charge in [-0.2, -0.15) is 0 Å². The molecule has 3 aliphatic rings. The van der Waals surface area contributed by atoms with E-state index in [1.165, 1.54) is 13.1 Å². The largest absolute Gasteiger partial charge is 0.316 e. The van der Waals surface area contributed by atoms with E-state index in [0.717, 1.165) is 23.7 Å². The van der Waals surface area contributed by atoms with E-state index >= 15 is 0 Å². The molecule has 3 fully saturated rings. The van der Waals surface area contributed by atoms with E-state index < -0.39 is 0 Å². The molecular formula is C9H15N. The maximum Gasteiger partial charge on any atom is -0.00145 e. The van der Waals surface area contributed by atoms with Crippen molar-refractivity contribution >= 4 is 0 Å². The number of hydrogen-bond donors (Lipinski definition) is 1. The topological polar surface area (TPSA) is 12.0 Å². The maximum atomic E-state index is 3.53. The fourth-order valence-electron chi connectivity index (χ4n) is 3.58. The Bertz CT molecular complexity index is 139. The predicted molar refractivity (Wildman–Crippen MR) is 40.7 cm³/mol. The van der Waals surface area contributed by atoms with Gasteiger partial charge in [0, 0.05) is 0 Å². The Morgan fingerprint density at radius 3 is 2.10 bits per heavy atom. The molecule has 0 unspecified atom stereocenters. The predicted octanol–water partition coefficient (Wildman–Crippen LogP) is 1.25. The first kappa shape index (κ1) is 5.59. The fraction of sp³-hybridized carbons (Fsp3) is 1.00. The van der Waals surface area contributed by atoms with Crippen LogP contribution in [0.5, 0.6) is 0 Å². The molecule has 0 aromatic heterocycles. The molecule has 1 N–H and O–H groups in total. The third-order valence-electron chi connectivity index (χ3n) is 4.03. The zero-order valence-corrected chi connectivity index (χ0v) is 6.34. The molecule has 1 nitrogen and oxygen atoms in total. The number of nitrogens with one attached hydrogen (secondary N) is 1. The molecule has 56 valence electrons. The van der Waals surface area contributed by atoms with E-state index in [-0.39, 0.29) is 0 Å². The van der Waals surface area contributed by atoms with Gasteiger partial charge in [0.1, 0.15) is 0 Å². The van der Waals surface area contributed by atoms with Crippen LogP contribution in [0.1, 0.15) is 19.3 Å². The summed E-state index contributed by atoms with van der Waals surface area (Å²) in [5.41, 5.74) is 0. The normalized spacial score (nSPS) is 57.6. The van der Waals surface area contributed by atoms with Gasteiger partial charge in [-0.1, -0.05) is 0 Å². The summed E-state index contributed by atoms with van der Waals surface area (Å²) in [6.07, 6.45) is 4.68. The summed E-state index contributed by atoms with van der Waals surface area (Å²) in [5, 5.41) is 3.53. The molecule has 0 aromatic carbocycles. The second-order valence-corrected chi connectivity index (χ2v) is 4.32. The minimum absolute atomic E-state index is 1.10. The van der Waals surface area contributed by atoms with Crippen molar-refractivity contribution in [1.29, 1.82) is 0 Å². The van der Waals surface area contributed by atoms with Gasteiger partial charge in [-0.3, -0.25) is 0 Å². The van der Waals surface area contributed by atoms with Crippen LogP contribution in [-0.4, -0.2) is 13.1 Å². The van der Waals surface area contributed by atoms with Crippen LogP contribution in [0.15, 0.2) is 0 Å². The van der Waals surface area contributed by atoms with Gasteiger partial charge in [0.05, 0.1) is 0 Å². The van der Waals surface area contributed by atoms with Crippen molar-refractivity contribution in [2.45, 2.75) is 19.3 Å². The van der Waals surface area contributed by atoms with E-state index in [9.17, 15) is 0 Å². The summed E-state index contributed by atoms with van der Waals surface area (Å²) in [5.74, 6) is 4.45. The van der Waals surface area contributed by atoms with Crippen LogP contribution in [0.4, 0.5) is 0 Å². The van der Waals surface area contributed by atoms with Gasteiger partial charge in [-0.25, -0.2) is 0 Å². The molecule has 1 heterocycles. The zero-order valence-electron chi connectivity index (χ0n) is 6.34. The highest BCUT2D eigenvalue weighted by Crippen LogP contribution is 2.53. The molecule has 0 amide bonds. The molecule has 0 aromatic rings. The lowest BCUT2D eigenvalue weighted by atomic mass is 9.82. The molecular weight excluding hydrogens is 122 g/mol. The first-order valence-electron chi connectivity index (χ1n) is 4.66. The molecule has 10 heavy (non-hydrogen) atoms. The maximum absolute atomic E-state index is 3.53. The van der Waals surface area contributed by atoms with E-state index in [1.54, 1.807) is 19.3 Å². The third kappa shape index (κ3) is 0.531. The van der Waals surface area contributed by atoms with Crippen molar-refractivity contribution in [2.24, 2.45) is 23.7 Å². The van der Waals surface area contributed by atoms with Gasteiger partial charge >= 0.3 is 0 Å². The number of hydrogen-bond acceptors (Lipinski definition) is 1. The Kier molecular flexibility index (Phi) is 0.984. The minimum atomic E-state index is 1.10. The molecule has 1 aliphatic heterocycles. The van der Waals surface area contributed by atoms with Gasteiger partial charge in [0.15, 0.2) is 0 Å². The van der Waals surface area contributed by atoms with Gasteiger partial charge in [0.25, 0.3) is 0 Å². The van der Waals surface area contributed by atoms with Gasteiger partial charge in [0.2, 0.25) is 0 Å². The second kappa shape index (κ2) is 1.76. The van der Waals surface area contributed by atoms with Crippen molar-refractivity contribution in [3.05, 3.63) is 0 Å². The van der Waals surface area contributed by atoms with E-state index in [2.05, 4.69) is 5.32 Å². The van der Waals surface area contributed by atoms with Gasteiger partial charge in [-0.15, -0.1) is 0 Å². The third-order valence-corrected chi connectivity index (χ3v) is 4.03. The summed E-state index contributed by atoms with van der Waals surface area (Å²) in [6.45, 7) is 2.68. The van der Waals surface area contributed by atoms with Crippen LogP contribution in [0.3, 0.4) is 0 Å².